The standard InChI is InChI=1S/C18H27N3O4/c1-17(2,12-22)20-7-5-19(6-8-20)14-10-16-13(9-15(14)21(23)24)11-18(3,4)25-16/h9-10,22H,5-8,11-12H2,1-4H3. The predicted molar refractivity (Wildman–Crippen MR) is 96.5 cm³/mol. The monoisotopic (exact) mass is 349 g/mol. The summed E-state index contributed by atoms with van der Waals surface area (Å²) in [5.41, 5.74) is 1.08. The highest BCUT2D eigenvalue weighted by molar-refractivity contribution is 5.69. The van der Waals surface area contributed by atoms with Gasteiger partial charge in [0.05, 0.1) is 11.5 Å². The van der Waals surface area contributed by atoms with E-state index in [4.69, 9.17) is 4.74 Å². The fourth-order valence-corrected chi connectivity index (χ4v) is 3.68. The maximum atomic E-state index is 11.6. The van der Waals surface area contributed by atoms with Gasteiger partial charge in [0.1, 0.15) is 17.0 Å². The molecule has 2 heterocycles. The first-order valence-corrected chi connectivity index (χ1v) is 8.74. The number of anilines is 1. The van der Waals surface area contributed by atoms with Crippen LogP contribution < -0.4 is 9.64 Å². The van der Waals surface area contributed by atoms with Crippen molar-refractivity contribution in [3.05, 3.63) is 27.8 Å². The smallest absolute Gasteiger partial charge is 0.293 e. The van der Waals surface area contributed by atoms with Crippen LogP contribution in [0.25, 0.3) is 0 Å². The molecule has 25 heavy (non-hydrogen) atoms. The molecule has 0 unspecified atom stereocenters. The number of ether oxygens (including phenoxy) is 1. The van der Waals surface area contributed by atoms with E-state index in [1.807, 2.05) is 33.8 Å². The molecule has 1 fully saturated rings. The number of nitro groups is 1. The Morgan fingerprint density at radius 3 is 2.48 bits per heavy atom. The quantitative estimate of drug-likeness (QED) is 0.663. The Morgan fingerprint density at radius 2 is 1.92 bits per heavy atom. The maximum absolute atomic E-state index is 11.6. The van der Waals surface area contributed by atoms with Crippen LogP contribution in [0.4, 0.5) is 11.4 Å². The van der Waals surface area contributed by atoms with Crippen molar-refractivity contribution in [3.63, 3.8) is 0 Å². The van der Waals surface area contributed by atoms with Crippen molar-refractivity contribution in [1.29, 1.82) is 0 Å². The summed E-state index contributed by atoms with van der Waals surface area (Å²) in [6.07, 6.45) is 0.682. The third-order valence-electron chi connectivity index (χ3n) is 5.22. The van der Waals surface area contributed by atoms with Gasteiger partial charge in [-0.15, -0.1) is 0 Å². The highest BCUT2D eigenvalue weighted by atomic mass is 16.6. The van der Waals surface area contributed by atoms with E-state index in [0.29, 0.717) is 25.2 Å². The zero-order valence-electron chi connectivity index (χ0n) is 15.4. The number of aliphatic hydroxyl groups excluding tert-OH is 1. The largest absolute Gasteiger partial charge is 0.487 e. The maximum Gasteiger partial charge on any atom is 0.293 e. The van der Waals surface area contributed by atoms with E-state index < -0.39 is 0 Å². The molecule has 0 aromatic heterocycles. The summed E-state index contributed by atoms with van der Waals surface area (Å²) in [4.78, 5) is 15.6. The lowest BCUT2D eigenvalue weighted by Crippen LogP contribution is -2.56. The van der Waals surface area contributed by atoms with Gasteiger partial charge in [0, 0.05) is 55.8 Å². The third kappa shape index (κ3) is 3.43. The van der Waals surface area contributed by atoms with E-state index in [-0.39, 0.29) is 28.4 Å². The Hall–Kier alpha value is -1.86. The molecular formula is C18H27N3O4. The lowest BCUT2D eigenvalue weighted by Gasteiger charge is -2.43. The lowest BCUT2D eigenvalue weighted by molar-refractivity contribution is -0.384. The van der Waals surface area contributed by atoms with E-state index in [0.717, 1.165) is 24.4 Å². The summed E-state index contributed by atoms with van der Waals surface area (Å²) in [5, 5.41) is 21.1. The first kappa shape index (κ1) is 17.9. The van der Waals surface area contributed by atoms with Gasteiger partial charge in [-0.3, -0.25) is 15.0 Å². The molecule has 2 aliphatic rings. The normalized spacial score (nSPS) is 20.3. The van der Waals surface area contributed by atoms with Crippen LogP contribution in [-0.2, 0) is 6.42 Å². The molecule has 7 heteroatoms. The Balaban J connectivity index is 1.85. The van der Waals surface area contributed by atoms with Gasteiger partial charge in [-0.2, -0.15) is 0 Å². The van der Waals surface area contributed by atoms with Crippen molar-refractivity contribution in [2.45, 2.75) is 45.3 Å². The molecule has 0 bridgehead atoms. The molecule has 0 aliphatic carbocycles. The predicted octanol–water partition coefficient (Wildman–Crippen LogP) is 2.20. The van der Waals surface area contributed by atoms with E-state index in [9.17, 15) is 15.2 Å². The second-order valence-electron chi connectivity index (χ2n) is 8.19. The van der Waals surface area contributed by atoms with E-state index in [1.54, 1.807) is 6.07 Å². The van der Waals surface area contributed by atoms with Gasteiger partial charge in [0.25, 0.3) is 5.69 Å². The number of hydrogen-bond donors (Lipinski definition) is 1. The molecule has 7 nitrogen and oxygen atoms in total. The van der Waals surface area contributed by atoms with Crippen molar-refractivity contribution < 1.29 is 14.8 Å². The van der Waals surface area contributed by atoms with Crippen LogP contribution in [0.3, 0.4) is 0 Å². The molecule has 0 atom stereocenters. The Kier molecular flexibility index (Phi) is 4.41. The summed E-state index contributed by atoms with van der Waals surface area (Å²) < 4.78 is 5.96. The third-order valence-corrected chi connectivity index (χ3v) is 5.22. The van der Waals surface area contributed by atoms with Crippen LogP contribution in [0.2, 0.25) is 0 Å². The lowest BCUT2D eigenvalue weighted by atomic mass is 10.0. The van der Waals surface area contributed by atoms with E-state index in [2.05, 4.69) is 9.80 Å². The van der Waals surface area contributed by atoms with E-state index >= 15 is 0 Å². The molecule has 3 rings (SSSR count). The molecule has 1 aromatic rings. The molecule has 0 radical (unpaired) electrons. The van der Waals surface area contributed by atoms with Gasteiger partial charge in [-0.05, 0) is 27.7 Å². The van der Waals surface area contributed by atoms with Crippen LogP contribution >= 0.6 is 0 Å². The average molecular weight is 349 g/mol. The number of hydrogen-bond acceptors (Lipinski definition) is 6. The average Bonchev–Trinajstić information content (AvgIpc) is 2.86. The van der Waals surface area contributed by atoms with Crippen LogP contribution in [0.5, 0.6) is 5.75 Å². The molecule has 1 N–H and O–H groups in total. The summed E-state index contributed by atoms with van der Waals surface area (Å²) >= 11 is 0. The van der Waals surface area contributed by atoms with Crippen LogP contribution in [-0.4, -0.2) is 58.9 Å². The number of fused-ring (bicyclic) bond motifs is 1. The van der Waals surface area contributed by atoms with Crippen LogP contribution in [0, 0.1) is 10.1 Å². The number of piperazine rings is 1. The van der Waals surface area contributed by atoms with Crippen molar-refractivity contribution >= 4 is 11.4 Å². The summed E-state index contributed by atoms with van der Waals surface area (Å²) in [6.45, 7) is 11.0. The minimum absolute atomic E-state index is 0.0922. The second-order valence-corrected chi connectivity index (χ2v) is 8.19. The molecule has 1 saturated heterocycles. The topological polar surface area (TPSA) is 79.1 Å². The van der Waals surface area contributed by atoms with Crippen molar-refractivity contribution in [1.82, 2.24) is 4.90 Å². The zero-order chi connectivity index (χ0) is 18.4. The highest BCUT2D eigenvalue weighted by Crippen LogP contribution is 2.42. The Morgan fingerprint density at radius 1 is 1.28 bits per heavy atom. The van der Waals surface area contributed by atoms with Gasteiger partial charge in [0.15, 0.2) is 0 Å². The minimum atomic E-state index is -0.321. The van der Waals surface area contributed by atoms with Gasteiger partial charge in [-0.1, -0.05) is 0 Å². The van der Waals surface area contributed by atoms with Crippen LogP contribution in [0.15, 0.2) is 12.1 Å². The zero-order valence-corrected chi connectivity index (χ0v) is 15.4. The second kappa shape index (κ2) is 6.14. The molecular weight excluding hydrogens is 322 g/mol. The highest BCUT2D eigenvalue weighted by Gasteiger charge is 2.35. The number of nitro benzene ring substituents is 1. The van der Waals surface area contributed by atoms with Crippen LogP contribution in [0.1, 0.15) is 33.3 Å². The van der Waals surface area contributed by atoms with Crippen molar-refractivity contribution in [2.24, 2.45) is 0 Å². The Bertz CT molecular complexity index is 679. The van der Waals surface area contributed by atoms with Gasteiger partial charge in [-0.25, -0.2) is 0 Å². The number of aliphatic hydroxyl groups is 1. The first-order chi connectivity index (χ1) is 11.6. The fourth-order valence-electron chi connectivity index (χ4n) is 3.68. The number of nitrogens with zero attached hydrogens (tertiary/aromatic N) is 3. The fraction of sp³-hybridized carbons (Fsp3) is 0.667. The summed E-state index contributed by atoms with van der Waals surface area (Å²) in [5.74, 6) is 0.753. The molecule has 0 amide bonds. The number of benzene rings is 1. The number of rotatable bonds is 4. The SMILES string of the molecule is CC1(C)Cc2cc([N+](=O)[O-])c(N3CCN(C(C)(C)CO)CC3)cc2O1. The van der Waals surface area contributed by atoms with Gasteiger partial charge in [0.2, 0.25) is 0 Å². The first-order valence-electron chi connectivity index (χ1n) is 8.74. The minimum Gasteiger partial charge on any atom is -0.487 e. The van der Waals surface area contributed by atoms with Crippen molar-refractivity contribution in [3.8, 4) is 5.75 Å². The van der Waals surface area contributed by atoms with Gasteiger partial charge >= 0.3 is 0 Å². The molecule has 1 aromatic carbocycles. The summed E-state index contributed by atoms with van der Waals surface area (Å²) in [7, 11) is 0. The molecule has 0 spiro atoms. The van der Waals surface area contributed by atoms with Crippen molar-refractivity contribution in [2.75, 3.05) is 37.7 Å². The summed E-state index contributed by atoms with van der Waals surface area (Å²) in [6, 6.07) is 3.50. The molecule has 138 valence electrons. The molecule has 2 aliphatic heterocycles. The Labute approximate surface area is 148 Å². The van der Waals surface area contributed by atoms with E-state index in [1.165, 1.54) is 0 Å². The molecule has 0 saturated carbocycles. The van der Waals surface area contributed by atoms with Gasteiger partial charge < -0.3 is 14.7 Å².